The summed E-state index contributed by atoms with van der Waals surface area (Å²) in [6.07, 6.45) is 0. The molecule has 0 atom stereocenters. The molecular formula is C7H3N3S2. The van der Waals surface area contributed by atoms with E-state index in [4.69, 9.17) is 0 Å². The minimum Gasteiger partial charge on any atom is -0.190 e. The molecule has 0 unspecified atom stereocenters. The van der Waals surface area contributed by atoms with E-state index in [2.05, 4.69) is 13.1 Å². The molecule has 3 nitrogen and oxygen atoms in total. The Morgan fingerprint density at radius 2 is 2.00 bits per heavy atom. The molecule has 3 aromatic rings. The first-order chi connectivity index (χ1) is 5.95. The molecule has 2 aromatic heterocycles. The molecule has 5 heteroatoms. The quantitative estimate of drug-likeness (QED) is 0.550. The molecule has 1 aromatic carbocycles. The predicted molar refractivity (Wildman–Crippen MR) is 50.6 cm³/mol. The number of hydrogen-bond donors (Lipinski definition) is 0. The topological polar surface area (TPSA) is 38.7 Å². The van der Waals surface area contributed by atoms with E-state index >= 15 is 0 Å². The Morgan fingerprint density at radius 3 is 3.00 bits per heavy atom. The van der Waals surface area contributed by atoms with Gasteiger partial charge in [-0.2, -0.15) is 13.1 Å². The van der Waals surface area contributed by atoms with E-state index in [1.54, 1.807) is 0 Å². The highest BCUT2D eigenvalue weighted by atomic mass is 32.1. The van der Waals surface area contributed by atoms with Crippen molar-refractivity contribution in [2.24, 2.45) is 0 Å². The summed E-state index contributed by atoms with van der Waals surface area (Å²) in [4.78, 5) is 0. The molecule has 3 rings (SSSR count). The maximum absolute atomic E-state index is 4.26. The third kappa shape index (κ3) is 0.720. The highest BCUT2D eigenvalue weighted by Gasteiger charge is 2.05. The van der Waals surface area contributed by atoms with E-state index in [-0.39, 0.29) is 0 Å². The van der Waals surface area contributed by atoms with Crippen LogP contribution in [0, 0.1) is 0 Å². The number of benzene rings is 1. The number of fused-ring (bicyclic) bond motifs is 3. The van der Waals surface area contributed by atoms with Gasteiger partial charge in [0.05, 0.1) is 11.7 Å². The van der Waals surface area contributed by atoms with Gasteiger partial charge in [-0.15, -0.1) is 0 Å². The molecule has 0 bridgehead atoms. The summed E-state index contributed by atoms with van der Waals surface area (Å²) in [5.74, 6) is 0. The Kier molecular flexibility index (Phi) is 1.19. The maximum atomic E-state index is 4.26. The first-order valence-electron chi connectivity index (χ1n) is 3.40. The van der Waals surface area contributed by atoms with Crippen molar-refractivity contribution in [3.63, 3.8) is 0 Å². The first-order valence-corrected chi connectivity index (χ1v) is 4.97. The van der Waals surface area contributed by atoms with Crippen LogP contribution >= 0.6 is 23.3 Å². The smallest absolute Gasteiger partial charge is 0.132 e. The van der Waals surface area contributed by atoms with Gasteiger partial charge >= 0.3 is 0 Å². The highest BCUT2D eigenvalue weighted by molar-refractivity contribution is 7.05. The molecule has 0 aliphatic heterocycles. The van der Waals surface area contributed by atoms with Gasteiger partial charge < -0.3 is 0 Å². The average Bonchev–Trinajstić information content (AvgIpc) is 2.71. The fraction of sp³-hybridized carbons (Fsp3) is 0. The van der Waals surface area contributed by atoms with Gasteiger partial charge in [-0.05, 0) is 23.7 Å². The molecule has 0 amide bonds. The minimum atomic E-state index is 0.929. The van der Waals surface area contributed by atoms with Crippen LogP contribution in [0.1, 0.15) is 0 Å². The van der Waals surface area contributed by atoms with Crippen LogP contribution in [0.4, 0.5) is 0 Å². The Hall–Kier alpha value is -1.07. The summed E-state index contributed by atoms with van der Waals surface area (Å²) in [6.45, 7) is 0. The van der Waals surface area contributed by atoms with Crippen molar-refractivity contribution in [3.8, 4) is 0 Å². The van der Waals surface area contributed by atoms with Crippen LogP contribution in [0.5, 0.6) is 0 Å². The second kappa shape index (κ2) is 2.21. The molecule has 0 saturated carbocycles. The Bertz CT molecular complexity index is 490. The molecule has 0 saturated heterocycles. The molecule has 2 heterocycles. The van der Waals surface area contributed by atoms with Crippen LogP contribution < -0.4 is 0 Å². The summed E-state index contributed by atoms with van der Waals surface area (Å²) < 4.78 is 12.6. The van der Waals surface area contributed by atoms with E-state index in [9.17, 15) is 0 Å². The van der Waals surface area contributed by atoms with Crippen molar-refractivity contribution in [1.82, 2.24) is 13.1 Å². The van der Waals surface area contributed by atoms with Crippen molar-refractivity contribution in [2.45, 2.75) is 0 Å². The SMILES string of the molecule is c1cc2nsnc2c2nscc12. The molecule has 0 fully saturated rings. The average molecular weight is 193 g/mol. The fourth-order valence-electron chi connectivity index (χ4n) is 1.18. The third-order valence-corrected chi connectivity index (χ3v) is 2.95. The normalized spacial score (nSPS) is 11.3. The van der Waals surface area contributed by atoms with Crippen LogP contribution in [0.3, 0.4) is 0 Å². The number of aromatic nitrogens is 3. The van der Waals surface area contributed by atoms with Crippen molar-refractivity contribution >= 4 is 45.2 Å². The standard InChI is InChI=1S/C7H3N3S2/c1-2-5-7(10-12-8-5)6-4(1)3-11-9-6/h1-3H. The van der Waals surface area contributed by atoms with Crippen molar-refractivity contribution < 1.29 is 0 Å². The highest BCUT2D eigenvalue weighted by Crippen LogP contribution is 2.23. The summed E-state index contributed by atoms with van der Waals surface area (Å²) >= 11 is 2.69. The van der Waals surface area contributed by atoms with Gasteiger partial charge in [0, 0.05) is 10.8 Å². The third-order valence-electron chi connectivity index (χ3n) is 1.76. The summed E-state index contributed by atoms with van der Waals surface area (Å²) in [5.41, 5.74) is 2.85. The number of nitrogens with zero attached hydrogens (tertiary/aromatic N) is 3. The van der Waals surface area contributed by atoms with Crippen LogP contribution in [0.15, 0.2) is 17.5 Å². The van der Waals surface area contributed by atoms with Crippen molar-refractivity contribution in [1.29, 1.82) is 0 Å². The van der Waals surface area contributed by atoms with Gasteiger partial charge in [-0.3, -0.25) is 0 Å². The van der Waals surface area contributed by atoms with E-state index in [0.29, 0.717) is 0 Å². The van der Waals surface area contributed by atoms with Crippen molar-refractivity contribution in [2.75, 3.05) is 0 Å². The second-order valence-electron chi connectivity index (χ2n) is 2.45. The molecule has 0 aliphatic carbocycles. The Labute approximate surface area is 76.2 Å². The Morgan fingerprint density at radius 1 is 1.00 bits per heavy atom. The lowest BCUT2D eigenvalue weighted by molar-refractivity contribution is 1.63. The van der Waals surface area contributed by atoms with Gasteiger partial charge in [0.15, 0.2) is 0 Å². The molecule has 0 spiro atoms. The van der Waals surface area contributed by atoms with E-state index in [0.717, 1.165) is 21.9 Å². The van der Waals surface area contributed by atoms with Crippen LogP contribution in [0.2, 0.25) is 0 Å². The molecule has 0 aliphatic rings. The van der Waals surface area contributed by atoms with Gasteiger partial charge in [0.1, 0.15) is 16.6 Å². The van der Waals surface area contributed by atoms with Gasteiger partial charge in [-0.25, -0.2) is 0 Å². The van der Waals surface area contributed by atoms with E-state index in [1.165, 1.54) is 23.3 Å². The molecule has 0 radical (unpaired) electrons. The van der Waals surface area contributed by atoms with Crippen molar-refractivity contribution in [3.05, 3.63) is 17.5 Å². The summed E-state index contributed by atoms with van der Waals surface area (Å²) in [7, 11) is 0. The van der Waals surface area contributed by atoms with Crippen LogP contribution in [0.25, 0.3) is 21.9 Å². The summed E-state index contributed by atoms with van der Waals surface area (Å²) in [6, 6.07) is 4.01. The minimum absolute atomic E-state index is 0.929. The zero-order valence-corrected chi connectivity index (χ0v) is 7.52. The number of hydrogen-bond acceptors (Lipinski definition) is 5. The van der Waals surface area contributed by atoms with Crippen LogP contribution in [-0.2, 0) is 0 Å². The monoisotopic (exact) mass is 193 g/mol. The lowest BCUT2D eigenvalue weighted by Crippen LogP contribution is -1.71. The van der Waals surface area contributed by atoms with E-state index in [1.807, 2.05) is 17.5 Å². The number of rotatable bonds is 0. The molecule has 12 heavy (non-hydrogen) atoms. The van der Waals surface area contributed by atoms with Gasteiger partial charge in [0.25, 0.3) is 0 Å². The Balaban J connectivity index is 2.71. The lowest BCUT2D eigenvalue weighted by atomic mass is 10.2. The second-order valence-corrected chi connectivity index (χ2v) is 3.61. The molecule has 0 N–H and O–H groups in total. The maximum Gasteiger partial charge on any atom is 0.132 e. The fourth-order valence-corrected chi connectivity index (χ4v) is 2.37. The summed E-state index contributed by atoms with van der Waals surface area (Å²) in [5, 5.41) is 3.17. The lowest BCUT2D eigenvalue weighted by Gasteiger charge is -1.86. The first kappa shape index (κ1) is 6.45. The van der Waals surface area contributed by atoms with Gasteiger partial charge in [0.2, 0.25) is 0 Å². The van der Waals surface area contributed by atoms with Gasteiger partial charge in [-0.1, -0.05) is 0 Å². The predicted octanol–water partition coefficient (Wildman–Crippen LogP) is 2.30. The largest absolute Gasteiger partial charge is 0.190 e. The van der Waals surface area contributed by atoms with E-state index < -0.39 is 0 Å². The molecule has 58 valence electrons. The zero-order valence-electron chi connectivity index (χ0n) is 5.89. The van der Waals surface area contributed by atoms with Crippen LogP contribution in [-0.4, -0.2) is 13.1 Å². The molecular weight excluding hydrogens is 190 g/mol. The zero-order chi connectivity index (χ0) is 7.97.